The molecule has 0 aromatic carbocycles. The molecule has 0 fully saturated rings. The summed E-state index contributed by atoms with van der Waals surface area (Å²) >= 11 is 5.95. The van der Waals surface area contributed by atoms with Gasteiger partial charge in [0.05, 0.1) is 7.11 Å². The Morgan fingerprint density at radius 2 is 1.91 bits per heavy atom. The molecule has 10 nitrogen and oxygen atoms in total. The molecule has 0 aliphatic carbocycles. The molecule has 0 N–H and O–H groups in total. The van der Waals surface area contributed by atoms with Gasteiger partial charge in [-0.1, -0.05) is 11.6 Å². The Balaban J connectivity index is 2.08. The van der Waals surface area contributed by atoms with E-state index in [4.69, 9.17) is 21.1 Å². The summed E-state index contributed by atoms with van der Waals surface area (Å²) in [5.74, 6) is -3.87. The number of alkyl halides is 3. The van der Waals surface area contributed by atoms with Gasteiger partial charge in [0.2, 0.25) is 5.88 Å². The van der Waals surface area contributed by atoms with Gasteiger partial charge in [-0.3, -0.25) is 9.36 Å². The standard InChI is InChI=1S/C19H13ClF4N4O6/c1-27-12(19(22,23)24)7-13(29)28(18(27)31)15-10(21)6-9(20)16(26-15)34-11-4-3-5-25-17(11)33-8-14(30)32-2/h3-7H,8H2,1-2H3. The predicted octanol–water partition coefficient (Wildman–Crippen LogP) is 2.48. The molecule has 15 heteroatoms. The molecule has 3 rings (SSSR count). The van der Waals surface area contributed by atoms with Crippen LogP contribution in [0, 0.1) is 5.82 Å². The average molecular weight is 505 g/mol. The quantitative estimate of drug-likeness (QED) is 0.371. The zero-order valence-corrected chi connectivity index (χ0v) is 18.0. The summed E-state index contributed by atoms with van der Waals surface area (Å²) in [7, 11) is 1.89. The van der Waals surface area contributed by atoms with Gasteiger partial charge in [0.1, 0.15) is 10.7 Å². The second kappa shape index (κ2) is 9.51. The monoisotopic (exact) mass is 504 g/mol. The molecule has 0 bridgehead atoms. The highest BCUT2D eigenvalue weighted by atomic mass is 35.5. The Kier molecular flexibility index (Phi) is 6.91. The molecule has 0 saturated heterocycles. The molecular weight excluding hydrogens is 492 g/mol. The van der Waals surface area contributed by atoms with Gasteiger partial charge in [0.25, 0.3) is 11.4 Å². The molecule has 34 heavy (non-hydrogen) atoms. The van der Waals surface area contributed by atoms with Gasteiger partial charge in [-0.05, 0) is 12.1 Å². The zero-order chi connectivity index (χ0) is 25.2. The van der Waals surface area contributed by atoms with E-state index in [9.17, 15) is 31.9 Å². The van der Waals surface area contributed by atoms with E-state index in [1.54, 1.807) is 0 Å². The van der Waals surface area contributed by atoms with E-state index < -0.39 is 58.2 Å². The predicted molar refractivity (Wildman–Crippen MR) is 107 cm³/mol. The minimum atomic E-state index is -5.01. The summed E-state index contributed by atoms with van der Waals surface area (Å²) in [6, 6.07) is 3.50. The third kappa shape index (κ3) is 5.01. The highest BCUT2D eigenvalue weighted by molar-refractivity contribution is 6.31. The van der Waals surface area contributed by atoms with Crippen molar-refractivity contribution in [2.75, 3.05) is 13.7 Å². The molecule has 0 amide bonds. The van der Waals surface area contributed by atoms with Crippen LogP contribution in [0.15, 0.2) is 40.1 Å². The minimum absolute atomic E-state index is 0.0890. The summed E-state index contributed by atoms with van der Waals surface area (Å²) in [4.78, 5) is 43.6. The molecule has 0 unspecified atom stereocenters. The van der Waals surface area contributed by atoms with Crippen LogP contribution < -0.4 is 20.7 Å². The second-order valence-electron chi connectivity index (χ2n) is 6.40. The molecular formula is C19H13ClF4N4O6. The van der Waals surface area contributed by atoms with Crippen LogP contribution in [-0.2, 0) is 22.8 Å². The summed E-state index contributed by atoms with van der Waals surface area (Å²) in [6.45, 7) is -0.531. The zero-order valence-electron chi connectivity index (χ0n) is 17.2. The van der Waals surface area contributed by atoms with Crippen molar-refractivity contribution >= 4 is 17.6 Å². The van der Waals surface area contributed by atoms with Crippen LogP contribution >= 0.6 is 11.6 Å². The number of rotatable bonds is 6. The van der Waals surface area contributed by atoms with Crippen LogP contribution in [0.3, 0.4) is 0 Å². The van der Waals surface area contributed by atoms with Crippen molar-refractivity contribution in [3.8, 4) is 23.3 Å². The highest BCUT2D eigenvalue weighted by Gasteiger charge is 2.35. The summed E-state index contributed by atoms with van der Waals surface area (Å²) in [5, 5.41) is -0.416. The molecule has 0 radical (unpaired) electrons. The second-order valence-corrected chi connectivity index (χ2v) is 6.80. The summed E-state index contributed by atoms with van der Waals surface area (Å²) in [6.07, 6.45) is -3.70. The van der Waals surface area contributed by atoms with Crippen molar-refractivity contribution in [2.24, 2.45) is 7.05 Å². The number of methoxy groups -OCH3 is 1. The number of hydrogen-bond donors (Lipinski definition) is 0. The first-order chi connectivity index (χ1) is 15.9. The summed E-state index contributed by atoms with van der Waals surface area (Å²) in [5.41, 5.74) is -4.53. The van der Waals surface area contributed by atoms with E-state index in [1.165, 1.54) is 18.3 Å². The Bertz CT molecular complexity index is 1370. The maximum atomic E-state index is 14.6. The lowest BCUT2D eigenvalue weighted by molar-refractivity contribution is -0.144. The molecule has 3 aromatic heterocycles. The number of carbonyl (C=O) groups is 1. The van der Waals surface area contributed by atoms with E-state index in [0.717, 1.165) is 14.2 Å². The van der Waals surface area contributed by atoms with Crippen molar-refractivity contribution in [1.82, 2.24) is 19.1 Å². The summed E-state index contributed by atoms with van der Waals surface area (Å²) < 4.78 is 69.1. The van der Waals surface area contributed by atoms with E-state index in [1.807, 2.05) is 0 Å². The molecule has 0 atom stereocenters. The Hall–Kier alpha value is -3.94. The van der Waals surface area contributed by atoms with Gasteiger partial charge >= 0.3 is 17.8 Å². The van der Waals surface area contributed by atoms with Gasteiger partial charge in [-0.2, -0.15) is 18.2 Å². The fraction of sp³-hybridized carbons (Fsp3) is 0.211. The first kappa shape index (κ1) is 24.7. The van der Waals surface area contributed by atoms with E-state index in [-0.39, 0.29) is 26.8 Å². The number of esters is 1. The van der Waals surface area contributed by atoms with Crippen LogP contribution in [0.4, 0.5) is 17.6 Å². The maximum absolute atomic E-state index is 14.6. The molecule has 3 heterocycles. The third-order valence-corrected chi connectivity index (χ3v) is 4.47. The Labute approximate surface area is 191 Å². The van der Waals surface area contributed by atoms with Crippen LogP contribution in [0.2, 0.25) is 5.02 Å². The Morgan fingerprint density at radius 3 is 2.56 bits per heavy atom. The number of hydrogen-bond acceptors (Lipinski definition) is 8. The van der Waals surface area contributed by atoms with Crippen LogP contribution in [-0.4, -0.2) is 38.8 Å². The largest absolute Gasteiger partial charge is 0.466 e. The van der Waals surface area contributed by atoms with E-state index in [2.05, 4.69) is 14.7 Å². The minimum Gasteiger partial charge on any atom is -0.466 e. The van der Waals surface area contributed by atoms with E-state index in [0.29, 0.717) is 6.07 Å². The van der Waals surface area contributed by atoms with Crippen LogP contribution in [0.25, 0.3) is 5.82 Å². The molecule has 0 aliphatic rings. The van der Waals surface area contributed by atoms with Crippen molar-refractivity contribution in [3.05, 3.63) is 67.8 Å². The van der Waals surface area contributed by atoms with Crippen molar-refractivity contribution in [3.63, 3.8) is 0 Å². The molecule has 0 spiro atoms. The first-order valence-electron chi connectivity index (χ1n) is 9.03. The maximum Gasteiger partial charge on any atom is 0.431 e. The lowest BCUT2D eigenvalue weighted by atomic mass is 10.3. The third-order valence-electron chi connectivity index (χ3n) is 4.20. The van der Waals surface area contributed by atoms with Gasteiger partial charge in [-0.15, -0.1) is 0 Å². The molecule has 0 aliphatic heterocycles. The number of halogens is 5. The molecule has 180 valence electrons. The van der Waals surface area contributed by atoms with Crippen LogP contribution in [0.1, 0.15) is 5.69 Å². The topological polar surface area (TPSA) is 115 Å². The van der Waals surface area contributed by atoms with E-state index >= 15 is 0 Å². The number of nitrogens with zero attached hydrogens (tertiary/aromatic N) is 4. The van der Waals surface area contributed by atoms with Gasteiger partial charge in [-0.25, -0.2) is 23.5 Å². The lowest BCUT2D eigenvalue weighted by Gasteiger charge is -2.15. The number of carbonyl (C=O) groups excluding carboxylic acids is 1. The van der Waals surface area contributed by atoms with Crippen LogP contribution in [0.5, 0.6) is 17.5 Å². The molecule has 3 aromatic rings. The normalized spacial score (nSPS) is 11.3. The van der Waals surface area contributed by atoms with Gasteiger partial charge in [0, 0.05) is 25.4 Å². The number of pyridine rings is 2. The van der Waals surface area contributed by atoms with Crippen molar-refractivity contribution < 1.29 is 36.6 Å². The fourth-order valence-corrected chi connectivity index (χ4v) is 2.79. The van der Waals surface area contributed by atoms with Crippen molar-refractivity contribution in [1.29, 1.82) is 0 Å². The van der Waals surface area contributed by atoms with Gasteiger partial charge in [0.15, 0.2) is 24.0 Å². The lowest BCUT2D eigenvalue weighted by Crippen LogP contribution is -2.41. The smallest absolute Gasteiger partial charge is 0.431 e. The average Bonchev–Trinajstić information content (AvgIpc) is 2.77. The Morgan fingerprint density at radius 1 is 1.21 bits per heavy atom. The fourth-order valence-electron chi connectivity index (χ4n) is 2.61. The number of aromatic nitrogens is 4. The number of ether oxygens (including phenoxy) is 3. The SMILES string of the molecule is COC(=O)COc1ncccc1Oc1nc(-n2c(=O)cc(C(F)(F)F)n(C)c2=O)c(F)cc1Cl. The van der Waals surface area contributed by atoms with Gasteiger partial charge < -0.3 is 14.2 Å². The first-order valence-corrected chi connectivity index (χ1v) is 9.41. The molecule has 0 saturated carbocycles. The van der Waals surface area contributed by atoms with Crippen molar-refractivity contribution in [2.45, 2.75) is 6.18 Å². The highest BCUT2D eigenvalue weighted by Crippen LogP contribution is 2.34.